The van der Waals surface area contributed by atoms with Crippen LogP contribution < -0.4 is 4.74 Å². The van der Waals surface area contributed by atoms with Crippen molar-refractivity contribution in [2.24, 2.45) is 0 Å². The van der Waals surface area contributed by atoms with Gasteiger partial charge in [0.2, 0.25) is 0 Å². The number of halogens is 3. The summed E-state index contributed by atoms with van der Waals surface area (Å²) in [7, 11) is 0. The van der Waals surface area contributed by atoms with Crippen LogP contribution in [0.25, 0.3) is 0 Å². The first-order valence-electron chi connectivity index (χ1n) is 4.99. The highest BCUT2D eigenvalue weighted by Crippen LogP contribution is 2.34. The monoisotopic (exact) mass is 361 g/mol. The van der Waals surface area contributed by atoms with Gasteiger partial charge in [0.15, 0.2) is 11.4 Å². The largest absolute Gasteiger partial charge is 0.476 e. The lowest BCUT2D eigenvalue weighted by molar-refractivity contribution is 0.0687. The molecule has 0 saturated heterocycles. The van der Waals surface area contributed by atoms with E-state index in [9.17, 15) is 4.79 Å². The molecule has 0 spiro atoms. The number of rotatable bonds is 3. The Balaban J connectivity index is 2.45. The molecule has 0 aliphatic rings. The second-order valence-corrected chi connectivity index (χ2v) is 5.24. The van der Waals surface area contributed by atoms with Crippen LogP contribution in [-0.2, 0) is 0 Å². The fraction of sp³-hybridized carbons (Fsp3) is 0. The molecular formula is C12H6BrCl2NO3. The SMILES string of the molecule is O=C(O)c1nccc(Cl)c1Oc1cc(Cl)cc(Br)c1. The normalized spacial score (nSPS) is 10.3. The minimum Gasteiger partial charge on any atom is -0.476 e. The minimum atomic E-state index is -1.22. The van der Waals surface area contributed by atoms with Crippen molar-refractivity contribution < 1.29 is 14.6 Å². The standard InChI is InChI=1S/C12H6BrCl2NO3/c13-6-3-7(14)5-8(4-6)19-11-9(15)1-2-16-10(11)12(17)18/h1-5H,(H,17,18). The molecule has 0 radical (unpaired) electrons. The van der Waals surface area contributed by atoms with Crippen molar-refractivity contribution in [3.63, 3.8) is 0 Å². The van der Waals surface area contributed by atoms with Gasteiger partial charge >= 0.3 is 5.97 Å². The summed E-state index contributed by atoms with van der Waals surface area (Å²) < 4.78 is 6.17. The number of ether oxygens (including phenoxy) is 1. The molecule has 0 amide bonds. The van der Waals surface area contributed by atoms with Crippen LogP contribution in [0.15, 0.2) is 34.9 Å². The number of hydrogen-bond donors (Lipinski definition) is 1. The molecule has 0 atom stereocenters. The summed E-state index contributed by atoms with van der Waals surface area (Å²) >= 11 is 15.1. The highest BCUT2D eigenvalue weighted by Gasteiger charge is 2.17. The van der Waals surface area contributed by atoms with Gasteiger partial charge < -0.3 is 9.84 Å². The van der Waals surface area contributed by atoms with Gasteiger partial charge in [0, 0.05) is 15.7 Å². The first-order chi connectivity index (χ1) is 8.97. The van der Waals surface area contributed by atoms with Crippen LogP contribution >= 0.6 is 39.1 Å². The van der Waals surface area contributed by atoms with Gasteiger partial charge in [-0.3, -0.25) is 0 Å². The molecule has 1 aromatic carbocycles. The number of carboxylic acid groups (broad SMARTS) is 1. The Labute approximate surface area is 127 Å². The van der Waals surface area contributed by atoms with Crippen LogP contribution in [0.4, 0.5) is 0 Å². The Hall–Kier alpha value is -1.30. The lowest BCUT2D eigenvalue weighted by Gasteiger charge is -2.10. The van der Waals surface area contributed by atoms with Crippen LogP contribution in [0.3, 0.4) is 0 Å². The number of nitrogens with zero attached hydrogens (tertiary/aromatic N) is 1. The Morgan fingerprint density at radius 1 is 1.32 bits per heavy atom. The van der Waals surface area contributed by atoms with Crippen molar-refractivity contribution in [2.45, 2.75) is 0 Å². The Morgan fingerprint density at radius 2 is 2.05 bits per heavy atom. The van der Waals surface area contributed by atoms with Crippen LogP contribution in [0.5, 0.6) is 11.5 Å². The van der Waals surface area contributed by atoms with Crippen molar-refractivity contribution in [3.05, 3.63) is 50.7 Å². The summed E-state index contributed by atoms with van der Waals surface area (Å²) in [6, 6.07) is 6.31. The Bertz CT molecular complexity index is 629. The highest BCUT2D eigenvalue weighted by atomic mass is 79.9. The molecular weight excluding hydrogens is 357 g/mol. The fourth-order valence-corrected chi connectivity index (χ4v) is 2.39. The van der Waals surface area contributed by atoms with Crippen LogP contribution in [0, 0.1) is 0 Å². The van der Waals surface area contributed by atoms with Gasteiger partial charge in [-0.15, -0.1) is 0 Å². The quantitative estimate of drug-likeness (QED) is 0.863. The molecule has 7 heteroatoms. The zero-order valence-corrected chi connectivity index (χ0v) is 12.3. The third-order valence-corrected chi connectivity index (χ3v) is 3.09. The van der Waals surface area contributed by atoms with Gasteiger partial charge in [0.1, 0.15) is 5.75 Å². The van der Waals surface area contributed by atoms with Crippen LogP contribution in [-0.4, -0.2) is 16.1 Å². The van der Waals surface area contributed by atoms with Gasteiger partial charge in [0.05, 0.1) is 5.02 Å². The summed E-state index contributed by atoms with van der Waals surface area (Å²) in [6.45, 7) is 0. The van der Waals surface area contributed by atoms with Crippen LogP contribution in [0.2, 0.25) is 10.0 Å². The molecule has 2 aromatic rings. The number of aromatic nitrogens is 1. The first kappa shape index (κ1) is 14.1. The molecule has 2 rings (SSSR count). The van der Waals surface area contributed by atoms with Crippen molar-refractivity contribution in [3.8, 4) is 11.5 Å². The molecule has 0 aliphatic carbocycles. The molecule has 1 heterocycles. The summed E-state index contributed by atoms with van der Waals surface area (Å²) in [5.74, 6) is -0.888. The molecule has 0 aliphatic heterocycles. The van der Waals surface area contributed by atoms with E-state index in [1.807, 2.05) is 0 Å². The summed E-state index contributed by atoms with van der Waals surface area (Å²) in [5.41, 5.74) is -0.261. The van der Waals surface area contributed by atoms with E-state index in [2.05, 4.69) is 20.9 Å². The number of benzene rings is 1. The third kappa shape index (κ3) is 3.37. The fourth-order valence-electron chi connectivity index (χ4n) is 1.38. The lowest BCUT2D eigenvalue weighted by atomic mass is 10.3. The van der Waals surface area contributed by atoms with Gasteiger partial charge in [-0.1, -0.05) is 39.1 Å². The summed E-state index contributed by atoms with van der Waals surface area (Å²) in [6.07, 6.45) is 1.30. The zero-order chi connectivity index (χ0) is 14.0. The molecule has 4 nitrogen and oxygen atoms in total. The first-order valence-corrected chi connectivity index (χ1v) is 6.54. The molecule has 0 bridgehead atoms. The number of carbonyl (C=O) groups is 1. The Morgan fingerprint density at radius 3 is 2.68 bits per heavy atom. The van der Waals surface area contributed by atoms with E-state index >= 15 is 0 Å². The van der Waals surface area contributed by atoms with E-state index in [4.69, 9.17) is 33.0 Å². The maximum Gasteiger partial charge on any atom is 0.358 e. The molecule has 98 valence electrons. The third-order valence-electron chi connectivity index (χ3n) is 2.12. The van der Waals surface area contributed by atoms with Crippen molar-refractivity contribution in [1.29, 1.82) is 0 Å². The summed E-state index contributed by atoms with van der Waals surface area (Å²) in [5, 5.41) is 9.64. The molecule has 0 unspecified atom stereocenters. The summed E-state index contributed by atoms with van der Waals surface area (Å²) in [4.78, 5) is 14.8. The van der Waals surface area contributed by atoms with E-state index in [0.717, 1.165) is 0 Å². The minimum absolute atomic E-state index is 0.0224. The van der Waals surface area contributed by atoms with Crippen LogP contribution in [0.1, 0.15) is 10.5 Å². The van der Waals surface area contributed by atoms with Crippen molar-refractivity contribution in [2.75, 3.05) is 0 Å². The van der Waals surface area contributed by atoms with E-state index in [-0.39, 0.29) is 16.5 Å². The maximum atomic E-state index is 11.1. The molecule has 1 N–H and O–H groups in total. The predicted molar refractivity (Wildman–Crippen MR) is 75.4 cm³/mol. The molecule has 1 aromatic heterocycles. The number of carboxylic acids is 1. The van der Waals surface area contributed by atoms with E-state index < -0.39 is 5.97 Å². The van der Waals surface area contributed by atoms with E-state index in [0.29, 0.717) is 15.2 Å². The van der Waals surface area contributed by atoms with Gasteiger partial charge in [0.25, 0.3) is 0 Å². The van der Waals surface area contributed by atoms with E-state index in [1.54, 1.807) is 18.2 Å². The van der Waals surface area contributed by atoms with Crippen molar-refractivity contribution in [1.82, 2.24) is 4.98 Å². The number of pyridine rings is 1. The van der Waals surface area contributed by atoms with Gasteiger partial charge in [-0.25, -0.2) is 9.78 Å². The second-order valence-electron chi connectivity index (χ2n) is 3.48. The number of hydrogen-bond acceptors (Lipinski definition) is 3. The number of aromatic carboxylic acids is 1. The van der Waals surface area contributed by atoms with Gasteiger partial charge in [-0.2, -0.15) is 0 Å². The molecule has 0 fully saturated rings. The second kappa shape index (κ2) is 5.77. The topological polar surface area (TPSA) is 59.4 Å². The highest BCUT2D eigenvalue weighted by molar-refractivity contribution is 9.10. The van der Waals surface area contributed by atoms with Gasteiger partial charge in [-0.05, 0) is 24.3 Å². The smallest absolute Gasteiger partial charge is 0.358 e. The molecule has 19 heavy (non-hydrogen) atoms. The molecule has 0 saturated carbocycles. The average molecular weight is 363 g/mol. The zero-order valence-electron chi connectivity index (χ0n) is 9.23. The lowest BCUT2D eigenvalue weighted by Crippen LogP contribution is -2.03. The Kier molecular flexibility index (Phi) is 4.29. The van der Waals surface area contributed by atoms with E-state index in [1.165, 1.54) is 12.3 Å². The average Bonchev–Trinajstić information content (AvgIpc) is 2.30. The van der Waals surface area contributed by atoms with Crippen molar-refractivity contribution >= 4 is 45.1 Å². The maximum absolute atomic E-state index is 11.1. The predicted octanol–water partition coefficient (Wildman–Crippen LogP) is 4.64.